The van der Waals surface area contributed by atoms with Gasteiger partial charge in [0.05, 0.1) is 0 Å². The number of thioether (sulfide) groups is 1. The van der Waals surface area contributed by atoms with E-state index in [1.54, 1.807) is 12.1 Å². The van der Waals surface area contributed by atoms with E-state index in [-0.39, 0.29) is 10.6 Å². The summed E-state index contributed by atoms with van der Waals surface area (Å²) in [6.45, 7) is 7.18. The number of hydrogen-bond acceptors (Lipinski definition) is 3. The van der Waals surface area contributed by atoms with Crippen LogP contribution in [0.2, 0.25) is 0 Å². The lowest BCUT2D eigenvalue weighted by Crippen LogP contribution is -2.42. The molecule has 2 rings (SSSR count). The highest BCUT2D eigenvalue weighted by Gasteiger charge is 2.27. The Morgan fingerprint density at radius 3 is 2.88 bits per heavy atom. The van der Waals surface area contributed by atoms with E-state index >= 15 is 0 Å². The predicted octanol–water partition coefficient (Wildman–Crippen LogP) is 2.74. The van der Waals surface area contributed by atoms with Crippen LogP contribution in [0.4, 0.5) is 10.1 Å². The molecule has 1 aromatic carbocycles. The molecule has 2 N–H and O–H groups in total. The quantitative estimate of drug-likeness (QED) is 0.823. The van der Waals surface area contributed by atoms with E-state index in [9.17, 15) is 4.39 Å². The molecule has 2 nitrogen and oxygen atoms in total. The molecule has 0 amide bonds. The van der Waals surface area contributed by atoms with Gasteiger partial charge < -0.3 is 5.73 Å². The number of anilines is 1. The largest absolute Gasteiger partial charge is 0.399 e. The molecule has 1 heterocycles. The molecule has 1 aromatic rings. The van der Waals surface area contributed by atoms with Gasteiger partial charge in [-0.15, -0.1) is 0 Å². The Balaban J connectivity index is 2.05. The zero-order valence-corrected chi connectivity index (χ0v) is 11.2. The molecule has 0 aromatic heterocycles. The van der Waals surface area contributed by atoms with Gasteiger partial charge in [0, 0.05) is 41.4 Å². The first kappa shape index (κ1) is 12.7. The van der Waals surface area contributed by atoms with Crippen LogP contribution in [0.1, 0.15) is 19.4 Å². The fourth-order valence-electron chi connectivity index (χ4n) is 2.18. The van der Waals surface area contributed by atoms with Gasteiger partial charge in [-0.2, -0.15) is 11.8 Å². The Kier molecular flexibility index (Phi) is 3.64. The smallest absolute Gasteiger partial charge is 0.129 e. The van der Waals surface area contributed by atoms with Gasteiger partial charge in [-0.05, 0) is 26.0 Å². The van der Waals surface area contributed by atoms with E-state index in [0.717, 1.165) is 24.4 Å². The van der Waals surface area contributed by atoms with Crippen LogP contribution in [0.25, 0.3) is 0 Å². The summed E-state index contributed by atoms with van der Waals surface area (Å²) in [7, 11) is 0. The lowest BCUT2D eigenvalue weighted by Gasteiger charge is -2.37. The standard InChI is InChI=1S/C13H19FN2S/c1-13(2)9-16(5-6-17-13)8-10-3-4-11(15)7-12(10)14/h3-4,7H,5-6,8-9,15H2,1-2H3. The van der Waals surface area contributed by atoms with Crippen LogP contribution in [-0.4, -0.2) is 28.5 Å². The third-order valence-corrected chi connectivity index (χ3v) is 4.27. The van der Waals surface area contributed by atoms with E-state index in [1.807, 2.05) is 11.8 Å². The van der Waals surface area contributed by atoms with E-state index in [1.165, 1.54) is 6.07 Å². The van der Waals surface area contributed by atoms with Crippen LogP contribution in [0.5, 0.6) is 0 Å². The van der Waals surface area contributed by atoms with Crippen molar-refractivity contribution in [1.82, 2.24) is 4.90 Å². The summed E-state index contributed by atoms with van der Waals surface area (Å²) in [5.74, 6) is 0.921. The summed E-state index contributed by atoms with van der Waals surface area (Å²) in [6, 6.07) is 4.96. The topological polar surface area (TPSA) is 29.3 Å². The predicted molar refractivity (Wildman–Crippen MR) is 72.6 cm³/mol. The van der Waals surface area contributed by atoms with Gasteiger partial charge >= 0.3 is 0 Å². The van der Waals surface area contributed by atoms with E-state index < -0.39 is 0 Å². The summed E-state index contributed by atoms with van der Waals surface area (Å²) in [5.41, 5.74) is 6.77. The molecule has 0 atom stereocenters. The number of nitrogens with zero attached hydrogens (tertiary/aromatic N) is 1. The minimum atomic E-state index is -0.193. The molecule has 0 aliphatic carbocycles. The zero-order chi connectivity index (χ0) is 12.5. The van der Waals surface area contributed by atoms with Crippen LogP contribution in [0.3, 0.4) is 0 Å². The molecule has 17 heavy (non-hydrogen) atoms. The molecule has 1 aliphatic rings. The summed E-state index contributed by atoms with van der Waals surface area (Å²) < 4.78 is 14.0. The molecule has 1 saturated heterocycles. The van der Waals surface area contributed by atoms with Gasteiger partial charge in [0.15, 0.2) is 0 Å². The van der Waals surface area contributed by atoms with Gasteiger partial charge in [-0.3, -0.25) is 4.90 Å². The third kappa shape index (κ3) is 3.36. The van der Waals surface area contributed by atoms with Crippen molar-refractivity contribution in [2.75, 3.05) is 24.6 Å². The summed E-state index contributed by atoms with van der Waals surface area (Å²) in [5, 5.41) is 0. The van der Waals surface area contributed by atoms with Gasteiger partial charge in [0.1, 0.15) is 5.82 Å². The van der Waals surface area contributed by atoms with Crippen molar-refractivity contribution in [1.29, 1.82) is 0 Å². The van der Waals surface area contributed by atoms with Crippen molar-refractivity contribution < 1.29 is 4.39 Å². The molecule has 1 aliphatic heterocycles. The van der Waals surface area contributed by atoms with Crippen molar-refractivity contribution in [2.45, 2.75) is 25.1 Å². The molecule has 4 heteroatoms. The first-order valence-corrected chi connectivity index (χ1v) is 6.85. The number of hydrogen-bond donors (Lipinski definition) is 1. The maximum Gasteiger partial charge on any atom is 0.129 e. The van der Waals surface area contributed by atoms with Crippen LogP contribution in [0.15, 0.2) is 18.2 Å². The maximum atomic E-state index is 13.7. The second kappa shape index (κ2) is 4.86. The highest BCUT2D eigenvalue weighted by atomic mass is 32.2. The van der Waals surface area contributed by atoms with Crippen LogP contribution in [0, 0.1) is 5.82 Å². The lowest BCUT2D eigenvalue weighted by atomic mass is 10.1. The average molecular weight is 254 g/mol. The van der Waals surface area contributed by atoms with Gasteiger partial charge in [-0.25, -0.2) is 4.39 Å². The number of benzene rings is 1. The Morgan fingerprint density at radius 2 is 2.24 bits per heavy atom. The molecule has 0 spiro atoms. The van der Waals surface area contributed by atoms with Gasteiger partial charge in [0.25, 0.3) is 0 Å². The Morgan fingerprint density at radius 1 is 1.47 bits per heavy atom. The Bertz CT molecular complexity index is 406. The second-order valence-electron chi connectivity index (χ2n) is 5.17. The van der Waals surface area contributed by atoms with Gasteiger partial charge in [0.2, 0.25) is 0 Å². The minimum absolute atomic E-state index is 0.193. The number of nitrogens with two attached hydrogens (primary N) is 1. The minimum Gasteiger partial charge on any atom is -0.399 e. The highest BCUT2D eigenvalue weighted by Crippen LogP contribution is 2.30. The highest BCUT2D eigenvalue weighted by molar-refractivity contribution is 8.00. The van der Waals surface area contributed by atoms with Crippen molar-refractivity contribution in [3.05, 3.63) is 29.6 Å². The fraction of sp³-hybridized carbons (Fsp3) is 0.538. The van der Waals surface area contributed by atoms with E-state index in [4.69, 9.17) is 5.73 Å². The van der Waals surface area contributed by atoms with Crippen molar-refractivity contribution in [2.24, 2.45) is 0 Å². The fourth-order valence-corrected chi connectivity index (χ4v) is 3.36. The number of rotatable bonds is 2. The first-order chi connectivity index (χ1) is 7.96. The zero-order valence-electron chi connectivity index (χ0n) is 10.4. The van der Waals surface area contributed by atoms with Crippen LogP contribution in [-0.2, 0) is 6.54 Å². The molecule has 94 valence electrons. The average Bonchev–Trinajstić information content (AvgIpc) is 2.21. The number of nitrogen functional groups attached to an aromatic ring is 1. The molecule has 0 radical (unpaired) electrons. The number of halogens is 1. The van der Waals surface area contributed by atoms with Crippen molar-refractivity contribution in [3.8, 4) is 0 Å². The Hall–Kier alpha value is -0.740. The molecule has 0 saturated carbocycles. The third-order valence-electron chi connectivity index (χ3n) is 2.98. The molecule has 0 bridgehead atoms. The van der Waals surface area contributed by atoms with Gasteiger partial charge in [-0.1, -0.05) is 6.07 Å². The summed E-state index contributed by atoms with van der Waals surface area (Å²) in [4.78, 5) is 2.31. The molecular formula is C13H19FN2S. The maximum absolute atomic E-state index is 13.7. The SMILES string of the molecule is CC1(C)CN(Cc2ccc(N)cc2F)CCS1. The van der Waals surface area contributed by atoms with Crippen molar-refractivity contribution >= 4 is 17.4 Å². The van der Waals surface area contributed by atoms with Crippen LogP contribution < -0.4 is 5.73 Å². The van der Waals surface area contributed by atoms with E-state index in [0.29, 0.717) is 12.2 Å². The van der Waals surface area contributed by atoms with Crippen molar-refractivity contribution in [3.63, 3.8) is 0 Å². The monoisotopic (exact) mass is 254 g/mol. The second-order valence-corrected chi connectivity index (χ2v) is 6.97. The van der Waals surface area contributed by atoms with E-state index in [2.05, 4.69) is 18.7 Å². The van der Waals surface area contributed by atoms with Crippen LogP contribution >= 0.6 is 11.8 Å². The summed E-state index contributed by atoms with van der Waals surface area (Å²) in [6.07, 6.45) is 0. The molecule has 1 fully saturated rings. The Labute approximate surface area is 106 Å². The molecular weight excluding hydrogens is 235 g/mol. The lowest BCUT2D eigenvalue weighted by molar-refractivity contribution is 0.249. The summed E-state index contributed by atoms with van der Waals surface area (Å²) >= 11 is 1.99. The first-order valence-electron chi connectivity index (χ1n) is 5.86. The normalized spacial score (nSPS) is 20.4. The molecule has 0 unspecified atom stereocenters.